The first-order valence-corrected chi connectivity index (χ1v) is 9.88. The predicted molar refractivity (Wildman–Crippen MR) is 117 cm³/mol. The van der Waals surface area contributed by atoms with Crippen LogP contribution >= 0.6 is 12.4 Å². The minimum Gasteiger partial charge on any atom is -0.367 e. The number of aryl methyl sites for hydroxylation is 1. The number of nitrogens with one attached hydrogen (secondary N) is 2. The van der Waals surface area contributed by atoms with Gasteiger partial charge in [0.1, 0.15) is 17.5 Å². The molecule has 1 aromatic heterocycles. The normalized spacial score (nSPS) is 18.5. The fourth-order valence-corrected chi connectivity index (χ4v) is 3.97. The second-order valence-electron chi connectivity index (χ2n) is 7.67. The lowest BCUT2D eigenvalue weighted by atomic mass is 9.91. The number of rotatable bonds is 4. The predicted octanol–water partition coefficient (Wildman–Crippen LogP) is 5.40. The molecule has 1 aliphatic rings. The highest BCUT2D eigenvalue weighted by Crippen LogP contribution is 2.25. The van der Waals surface area contributed by atoms with Crippen molar-refractivity contribution in [1.82, 2.24) is 10.3 Å². The standard InChI is InChI=1S/C23H23F2N3O.ClH/c1-14-10-22(28-21-5-3-2-4-20(14)21)26-18-6-8-19(9-7-18)27-23(29)15-11-16(24)13-17(25)12-15;/h2-5,10-13,18-19H,6-9H2,1H3,(H,26,28)(H,27,29);1H. The van der Waals surface area contributed by atoms with E-state index in [9.17, 15) is 13.6 Å². The number of aromatic nitrogens is 1. The van der Waals surface area contributed by atoms with Gasteiger partial charge in [-0.25, -0.2) is 13.8 Å². The molecule has 0 aliphatic heterocycles. The quantitative estimate of drug-likeness (QED) is 0.581. The molecular weight excluding hydrogens is 408 g/mol. The third-order valence-electron chi connectivity index (χ3n) is 5.46. The summed E-state index contributed by atoms with van der Waals surface area (Å²) in [6, 6.07) is 13.3. The molecule has 4 nitrogen and oxygen atoms in total. The smallest absolute Gasteiger partial charge is 0.251 e. The Kier molecular flexibility index (Phi) is 6.87. The second kappa shape index (κ2) is 9.39. The summed E-state index contributed by atoms with van der Waals surface area (Å²) in [7, 11) is 0. The van der Waals surface area contributed by atoms with Gasteiger partial charge in [0.05, 0.1) is 5.52 Å². The Morgan fingerprint density at radius 3 is 2.30 bits per heavy atom. The molecule has 0 unspecified atom stereocenters. The highest BCUT2D eigenvalue weighted by Gasteiger charge is 2.23. The minimum absolute atomic E-state index is 0. The Morgan fingerprint density at radius 2 is 1.60 bits per heavy atom. The Bertz CT molecular complexity index is 1030. The maximum absolute atomic E-state index is 13.3. The third kappa shape index (κ3) is 5.05. The van der Waals surface area contributed by atoms with Gasteiger partial charge in [-0.1, -0.05) is 18.2 Å². The first kappa shape index (κ1) is 22.0. The number of fused-ring (bicyclic) bond motifs is 1. The van der Waals surface area contributed by atoms with Gasteiger partial charge >= 0.3 is 0 Å². The fourth-order valence-electron chi connectivity index (χ4n) is 3.97. The van der Waals surface area contributed by atoms with Gasteiger partial charge < -0.3 is 10.6 Å². The van der Waals surface area contributed by atoms with Gasteiger partial charge in [-0.05, 0) is 62.4 Å². The molecule has 2 N–H and O–H groups in total. The SMILES string of the molecule is Cc1cc(NC2CCC(NC(=O)c3cc(F)cc(F)c3)CC2)nc2ccccc12.Cl. The Labute approximate surface area is 180 Å². The van der Waals surface area contributed by atoms with Gasteiger partial charge in [0.15, 0.2) is 0 Å². The molecule has 1 saturated carbocycles. The van der Waals surface area contributed by atoms with Crippen LogP contribution in [0.4, 0.5) is 14.6 Å². The van der Waals surface area contributed by atoms with Crippen molar-refractivity contribution >= 4 is 35.0 Å². The van der Waals surface area contributed by atoms with E-state index in [1.807, 2.05) is 18.2 Å². The van der Waals surface area contributed by atoms with Gasteiger partial charge in [-0.3, -0.25) is 4.79 Å². The van der Waals surface area contributed by atoms with E-state index in [0.29, 0.717) is 0 Å². The van der Waals surface area contributed by atoms with E-state index in [0.717, 1.165) is 60.6 Å². The molecule has 0 saturated heterocycles. The summed E-state index contributed by atoms with van der Waals surface area (Å²) in [5.74, 6) is -1.07. The van der Waals surface area contributed by atoms with Gasteiger partial charge in [0.2, 0.25) is 0 Å². The summed E-state index contributed by atoms with van der Waals surface area (Å²) in [6.07, 6.45) is 3.37. The number of benzene rings is 2. The number of anilines is 1. The average Bonchev–Trinajstić information content (AvgIpc) is 2.69. The van der Waals surface area contributed by atoms with Crippen LogP contribution in [0.1, 0.15) is 41.6 Å². The molecule has 0 radical (unpaired) electrons. The molecule has 1 aliphatic carbocycles. The Morgan fingerprint density at radius 1 is 0.967 bits per heavy atom. The molecule has 0 bridgehead atoms. The number of halogens is 3. The molecule has 2 aromatic carbocycles. The maximum Gasteiger partial charge on any atom is 0.251 e. The summed E-state index contributed by atoms with van der Waals surface area (Å²) in [6.45, 7) is 2.08. The van der Waals surface area contributed by atoms with Gasteiger partial charge in [0.25, 0.3) is 5.91 Å². The van der Waals surface area contributed by atoms with Gasteiger partial charge in [0, 0.05) is 29.1 Å². The van der Waals surface area contributed by atoms with Crippen LogP contribution in [0.15, 0.2) is 48.5 Å². The zero-order valence-corrected chi connectivity index (χ0v) is 17.4. The summed E-state index contributed by atoms with van der Waals surface area (Å²) in [5, 5.41) is 7.55. The number of para-hydroxylation sites is 1. The van der Waals surface area contributed by atoms with Crippen molar-refractivity contribution in [1.29, 1.82) is 0 Å². The van der Waals surface area contributed by atoms with Crippen molar-refractivity contribution in [3.8, 4) is 0 Å². The van der Waals surface area contributed by atoms with Crippen LogP contribution in [0.2, 0.25) is 0 Å². The molecule has 1 heterocycles. The lowest BCUT2D eigenvalue weighted by Gasteiger charge is -2.30. The number of amides is 1. The topological polar surface area (TPSA) is 54.0 Å². The van der Waals surface area contributed by atoms with Crippen molar-refractivity contribution in [3.05, 3.63) is 71.3 Å². The molecule has 1 fully saturated rings. The van der Waals surface area contributed by atoms with Crippen LogP contribution in [-0.4, -0.2) is 23.0 Å². The Hall–Kier alpha value is -2.73. The van der Waals surface area contributed by atoms with Crippen LogP contribution in [0, 0.1) is 18.6 Å². The number of carbonyl (C=O) groups excluding carboxylic acids is 1. The van der Waals surface area contributed by atoms with E-state index < -0.39 is 17.5 Å². The van der Waals surface area contributed by atoms with E-state index in [4.69, 9.17) is 4.98 Å². The Balaban J connectivity index is 0.00000256. The van der Waals surface area contributed by atoms with E-state index in [1.165, 1.54) is 5.56 Å². The molecule has 158 valence electrons. The molecule has 0 spiro atoms. The fraction of sp³-hybridized carbons (Fsp3) is 0.304. The highest BCUT2D eigenvalue weighted by molar-refractivity contribution is 5.94. The summed E-state index contributed by atoms with van der Waals surface area (Å²) < 4.78 is 26.6. The number of nitrogens with zero attached hydrogens (tertiary/aromatic N) is 1. The van der Waals surface area contributed by atoms with Crippen molar-refractivity contribution in [2.24, 2.45) is 0 Å². The highest BCUT2D eigenvalue weighted by atomic mass is 35.5. The van der Waals surface area contributed by atoms with Gasteiger partial charge in [-0.2, -0.15) is 0 Å². The molecule has 3 aromatic rings. The minimum atomic E-state index is -0.749. The van der Waals surface area contributed by atoms with E-state index >= 15 is 0 Å². The molecule has 0 atom stereocenters. The first-order valence-electron chi connectivity index (χ1n) is 9.88. The zero-order chi connectivity index (χ0) is 20.4. The second-order valence-corrected chi connectivity index (χ2v) is 7.67. The van der Waals surface area contributed by atoms with E-state index in [2.05, 4.69) is 29.7 Å². The number of pyridine rings is 1. The van der Waals surface area contributed by atoms with Crippen LogP contribution in [-0.2, 0) is 0 Å². The van der Waals surface area contributed by atoms with Crippen LogP contribution in [0.25, 0.3) is 10.9 Å². The third-order valence-corrected chi connectivity index (χ3v) is 5.46. The molecule has 4 rings (SSSR count). The number of hydrogen-bond acceptors (Lipinski definition) is 3. The van der Waals surface area contributed by atoms with Gasteiger partial charge in [-0.15, -0.1) is 12.4 Å². The van der Waals surface area contributed by atoms with Crippen LogP contribution < -0.4 is 10.6 Å². The first-order chi connectivity index (χ1) is 14.0. The monoisotopic (exact) mass is 431 g/mol. The van der Waals surface area contributed by atoms with E-state index in [-0.39, 0.29) is 30.1 Å². The maximum atomic E-state index is 13.3. The number of carbonyl (C=O) groups is 1. The van der Waals surface area contributed by atoms with Crippen molar-refractivity contribution in [2.45, 2.75) is 44.7 Å². The lowest BCUT2D eigenvalue weighted by molar-refractivity contribution is 0.0925. The molecule has 7 heteroatoms. The van der Waals surface area contributed by atoms with Crippen LogP contribution in [0.3, 0.4) is 0 Å². The summed E-state index contributed by atoms with van der Waals surface area (Å²) in [5.41, 5.74) is 2.17. The van der Waals surface area contributed by atoms with Crippen molar-refractivity contribution in [3.63, 3.8) is 0 Å². The largest absolute Gasteiger partial charge is 0.367 e. The molecule has 30 heavy (non-hydrogen) atoms. The van der Waals surface area contributed by atoms with E-state index in [1.54, 1.807) is 0 Å². The van der Waals surface area contributed by atoms with Crippen molar-refractivity contribution in [2.75, 3.05) is 5.32 Å². The summed E-state index contributed by atoms with van der Waals surface area (Å²) in [4.78, 5) is 17.0. The lowest BCUT2D eigenvalue weighted by Crippen LogP contribution is -2.40. The number of hydrogen-bond donors (Lipinski definition) is 2. The zero-order valence-electron chi connectivity index (χ0n) is 16.6. The average molecular weight is 432 g/mol. The summed E-state index contributed by atoms with van der Waals surface area (Å²) >= 11 is 0. The van der Waals surface area contributed by atoms with Crippen LogP contribution in [0.5, 0.6) is 0 Å². The molecular formula is C23H24ClF2N3O. The van der Waals surface area contributed by atoms with Crippen molar-refractivity contribution < 1.29 is 13.6 Å². The molecule has 1 amide bonds.